The van der Waals surface area contributed by atoms with Crippen LogP contribution in [0.2, 0.25) is 0 Å². The summed E-state index contributed by atoms with van der Waals surface area (Å²) >= 11 is 0. The van der Waals surface area contributed by atoms with E-state index in [1.807, 2.05) is 31.2 Å². The molecule has 6 aromatic carbocycles. The van der Waals surface area contributed by atoms with E-state index in [9.17, 15) is 24.6 Å². The van der Waals surface area contributed by atoms with Crippen LogP contribution in [0.3, 0.4) is 0 Å². The molecule has 0 radical (unpaired) electrons. The summed E-state index contributed by atoms with van der Waals surface area (Å²) in [4.78, 5) is 52.5. The van der Waals surface area contributed by atoms with Crippen LogP contribution in [0.15, 0.2) is 91.0 Å². The molecule has 0 saturated heterocycles. The van der Waals surface area contributed by atoms with Crippen molar-refractivity contribution < 1.29 is 24.6 Å². The van der Waals surface area contributed by atoms with Crippen LogP contribution in [0, 0.1) is 6.92 Å². The van der Waals surface area contributed by atoms with E-state index in [1.165, 1.54) is 32.9 Å². The molecule has 0 fully saturated rings. The lowest BCUT2D eigenvalue weighted by Gasteiger charge is -2.16. The zero-order valence-corrected chi connectivity index (χ0v) is 26.6. The van der Waals surface area contributed by atoms with E-state index in [1.54, 1.807) is 54.6 Å². The number of benzene rings is 6. The molecule has 8 heteroatoms. The Kier molecular flexibility index (Phi) is 7.28. The number of aromatic hydroxyl groups is 2. The molecule has 0 spiro atoms. The summed E-state index contributed by atoms with van der Waals surface area (Å²) < 4.78 is 0. The van der Waals surface area contributed by atoms with Gasteiger partial charge in [-0.25, -0.2) is 15.0 Å². The lowest BCUT2D eigenvalue weighted by Crippen LogP contribution is -2.04. The maximum Gasteiger partial charge on any atom is 0.168 e. The topological polar surface area (TPSA) is 130 Å². The number of Topliss-reactive ketones (excluding diaryl/α,β-unsaturated/α-hetero) is 3. The van der Waals surface area contributed by atoms with E-state index in [0.29, 0.717) is 43.8 Å². The van der Waals surface area contributed by atoms with Gasteiger partial charge < -0.3 is 10.2 Å². The number of hydrogen-bond acceptors (Lipinski definition) is 8. The summed E-state index contributed by atoms with van der Waals surface area (Å²) in [5, 5.41) is 26.5. The van der Waals surface area contributed by atoms with Gasteiger partial charge in [-0.15, -0.1) is 0 Å². The van der Waals surface area contributed by atoms with Gasteiger partial charge in [-0.3, -0.25) is 14.4 Å². The monoisotopic (exact) mass is 631 g/mol. The second-order valence-electron chi connectivity index (χ2n) is 11.9. The highest BCUT2D eigenvalue weighted by atomic mass is 16.3. The Morgan fingerprint density at radius 2 is 0.771 bits per heavy atom. The van der Waals surface area contributed by atoms with Crippen molar-refractivity contribution in [2.75, 3.05) is 0 Å². The van der Waals surface area contributed by atoms with Crippen LogP contribution in [0.4, 0.5) is 0 Å². The van der Waals surface area contributed by atoms with Gasteiger partial charge in [0.05, 0.1) is 11.1 Å². The van der Waals surface area contributed by atoms with Gasteiger partial charge in [0.1, 0.15) is 11.5 Å². The third-order valence-corrected chi connectivity index (χ3v) is 8.79. The quantitative estimate of drug-likeness (QED) is 0.174. The zero-order chi connectivity index (χ0) is 33.9. The summed E-state index contributed by atoms with van der Waals surface area (Å²) in [5.74, 6) is -0.114. The van der Waals surface area contributed by atoms with Crippen molar-refractivity contribution in [3.8, 4) is 45.7 Å². The molecule has 1 aromatic heterocycles. The maximum atomic E-state index is 12.6. The fraction of sp³-hybridized carbons (Fsp3) is 0.100. The minimum Gasteiger partial charge on any atom is -0.507 e. The highest BCUT2D eigenvalue weighted by Crippen LogP contribution is 2.42. The molecule has 0 aliphatic heterocycles. The van der Waals surface area contributed by atoms with Gasteiger partial charge in [0.25, 0.3) is 0 Å². The molecule has 234 valence electrons. The van der Waals surface area contributed by atoms with Gasteiger partial charge in [-0.1, -0.05) is 66.7 Å². The third kappa shape index (κ3) is 4.86. The average Bonchev–Trinajstić information content (AvgIpc) is 3.06. The molecule has 0 bridgehead atoms. The first-order valence-corrected chi connectivity index (χ1v) is 15.4. The number of nitrogens with zero attached hydrogens (tertiary/aromatic N) is 3. The van der Waals surface area contributed by atoms with Crippen molar-refractivity contribution in [1.29, 1.82) is 0 Å². The molecule has 7 aromatic rings. The Morgan fingerprint density at radius 3 is 1.15 bits per heavy atom. The van der Waals surface area contributed by atoms with Crippen LogP contribution in [0.25, 0.3) is 66.5 Å². The summed E-state index contributed by atoms with van der Waals surface area (Å²) in [6, 6.07) is 26.2. The lowest BCUT2D eigenvalue weighted by molar-refractivity contribution is 0.101. The molecule has 0 aliphatic carbocycles. The fourth-order valence-electron chi connectivity index (χ4n) is 6.56. The molecule has 0 saturated carbocycles. The summed E-state index contributed by atoms with van der Waals surface area (Å²) in [6.45, 7) is 6.40. The molecule has 8 nitrogen and oxygen atoms in total. The van der Waals surface area contributed by atoms with Crippen LogP contribution in [0.1, 0.15) is 57.4 Å². The predicted molar refractivity (Wildman–Crippen MR) is 187 cm³/mol. The van der Waals surface area contributed by atoms with Gasteiger partial charge in [0.15, 0.2) is 34.8 Å². The van der Waals surface area contributed by atoms with Crippen molar-refractivity contribution in [3.63, 3.8) is 0 Å². The second-order valence-corrected chi connectivity index (χ2v) is 11.9. The molecule has 0 aliphatic rings. The number of carbonyl (C=O) groups is 3. The van der Waals surface area contributed by atoms with Crippen LogP contribution >= 0.6 is 0 Å². The molecule has 48 heavy (non-hydrogen) atoms. The number of rotatable bonds is 6. The first kappa shape index (κ1) is 30.4. The van der Waals surface area contributed by atoms with Gasteiger partial charge in [-0.05, 0) is 89.8 Å². The molecule has 0 unspecified atom stereocenters. The van der Waals surface area contributed by atoms with Gasteiger partial charge >= 0.3 is 0 Å². The number of phenolic OH excluding ortho intramolecular Hbond substituents is 2. The SMILES string of the molecule is CC(=O)c1cccc2c(-c3nc(-c4c(O)ccc5c(C(C)=O)cccc45)nc(-c4c(O)ccc5c(C(C)=O)cccc45)n3)c(C)ccc12. The normalized spacial score (nSPS) is 11.3. The van der Waals surface area contributed by atoms with Gasteiger partial charge in [0.2, 0.25) is 0 Å². The molecule has 1 heterocycles. The van der Waals surface area contributed by atoms with Crippen molar-refractivity contribution >= 4 is 49.7 Å². The number of carbonyl (C=O) groups excluding carboxylic acids is 3. The molecule has 0 amide bonds. The highest BCUT2D eigenvalue weighted by molar-refractivity contribution is 6.13. The summed E-state index contributed by atoms with van der Waals surface area (Å²) in [6.07, 6.45) is 0. The van der Waals surface area contributed by atoms with E-state index in [0.717, 1.165) is 16.3 Å². The summed E-state index contributed by atoms with van der Waals surface area (Å²) in [5.41, 5.74) is 3.55. The number of fused-ring (bicyclic) bond motifs is 3. The number of hydrogen-bond donors (Lipinski definition) is 2. The Balaban J connectivity index is 1.63. The maximum absolute atomic E-state index is 12.6. The lowest BCUT2D eigenvalue weighted by atomic mass is 9.94. The van der Waals surface area contributed by atoms with Crippen LogP contribution in [-0.4, -0.2) is 42.5 Å². The van der Waals surface area contributed by atoms with Crippen molar-refractivity contribution in [2.24, 2.45) is 0 Å². The molecule has 0 atom stereocenters. The first-order valence-electron chi connectivity index (χ1n) is 15.4. The smallest absolute Gasteiger partial charge is 0.168 e. The predicted octanol–water partition coefficient (Wildman–Crippen LogP) is 8.66. The van der Waals surface area contributed by atoms with E-state index in [-0.39, 0.29) is 57.4 Å². The van der Waals surface area contributed by atoms with E-state index in [2.05, 4.69) is 0 Å². The fourth-order valence-corrected chi connectivity index (χ4v) is 6.56. The second kappa shape index (κ2) is 11.5. The van der Waals surface area contributed by atoms with Crippen molar-refractivity contribution in [3.05, 3.63) is 113 Å². The zero-order valence-electron chi connectivity index (χ0n) is 26.6. The van der Waals surface area contributed by atoms with Crippen LogP contribution in [-0.2, 0) is 0 Å². The molecular formula is C40H29N3O5. The van der Waals surface area contributed by atoms with E-state index < -0.39 is 0 Å². The Morgan fingerprint density at radius 1 is 0.438 bits per heavy atom. The largest absolute Gasteiger partial charge is 0.507 e. The molecule has 2 N–H and O–H groups in total. The number of aromatic nitrogens is 3. The number of ketones is 3. The Labute approximate surface area is 275 Å². The minimum atomic E-state index is -0.135. The Hall–Kier alpha value is -6.28. The molecule has 7 rings (SSSR count). The van der Waals surface area contributed by atoms with Crippen molar-refractivity contribution in [1.82, 2.24) is 15.0 Å². The number of phenols is 2. The number of aryl methyl sites for hydroxylation is 1. The van der Waals surface area contributed by atoms with Crippen LogP contribution < -0.4 is 0 Å². The third-order valence-electron chi connectivity index (χ3n) is 8.79. The van der Waals surface area contributed by atoms with Gasteiger partial charge in [-0.2, -0.15) is 0 Å². The standard InChI is InChI=1S/C40H29N3O5/c1-20-14-15-27-24(21(2)44)8-5-11-30(27)35(20)38-41-39(36-31-12-6-9-25(22(3)45)28(31)16-18-33(36)47)43-40(42-38)37-32-13-7-10-26(23(4)46)29(32)17-19-34(37)48/h5-19,47-48H,1-4H3. The summed E-state index contributed by atoms with van der Waals surface area (Å²) in [7, 11) is 0. The highest BCUT2D eigenvalue weighted by Gasteiger charge is 2.23. The van der Waals surface area contributed by atoms with Crippen molar-refractivity contribution in [2.45, 2.75) is 27.7 Å². The van der Waals surface area contributed by atoms with E-state index in [4.69, 9.17) is 15.0 Å². The van der Waals surface area contributed by atoms with Gasteiger partial charge in [0, 0.05) is 22.3 Å². The first-order chi connectivity index (χ1) is 23.0. The van der Waals surface area contributed by atoms with Crippen LogP contribution in [0.5, 0.6) is 11.5 Å². The molecular weight excluding hydrogens is 602 g/mol. The minimum absolute atomic E-state index is 0.0867. The van der Waals surface area contributed by atoms with E-state index >= 15 is 0 Å². The average molecular weight is 632 g/mol. The Bertz CT molecular complexity index is 2250.